The van der Waals surface area contributed by atoms with Gasteiger partial charge in [0.1, 0.15) is 10.7 Å². The topological polar surface area (TPSA) is 104 Å². The Balaban J connectivity index is 2.02. The number of imide groups is 1. The second kappa shape index (κ2) is 6.93. The van der Waals surface area contributed by atoms with E-state index in [0.717, 1.165) is 10.4 Å². The monoisotopic (exact) mass is 340 g/mol. The van der Waals surface area contributed by atoms with E-state index in [2.05, 4.69) is 20.6 Å². The zero-order chi connectivity index (χ0) is 16.3. The maximum absolute atomic E-state index is 12.1. The number of thioether (sulfide) groups is 1. The first-order valence-corrected chi connectivity index (χ1v) is 8.47. The number of hydrogen-bond donors (Lipinski definition) is 3. The molecule has 0 bridgehead atoms. The highest BCUT2D eigenvalue weighted by Gasteiger charge is 2.12. The number of nitrogens with one attached hydrogen (secondary N) is 3. The molecule has 7 nitrogen and oxygen atoms in total. The molecule has 2 aromatic heterocycles. The maximum Gasteiger partial charge on any atom is 0.321 e. The predicted molar refractivity (Wildman–Crippen MR) is 88.5 cm³/mol. The van der Waals surface area contributed by atoms with Crippen molar-refractivity contribution in [3.8, 4) is 0 Å². The Morgan fingerprint density at radius 1 is 1.36 bits per heavy atom. The third-order valence-electron chi connectivity index (χ3n) is 3.04. The van der Waals surface area contributed by atoms with Crippen molar-refractivity contribution in [2.45, 2.75) is 19.6 Å². The first kappa shape index (κ1) is 16.5. The summed E-state index contributed by atoms with van der Waals surface area (Å²) < 4.78 is 0. The van der Waals surface area contributed by atoms with Gasteiger partial charge in [0.25, 0.3) is 5.56 Å². The van der Waals surface area contributed by atoms with Crippen LogP contribution in [0.15, 0.2) is 4.79 Å². The van der Waals surface area contributed by atoms with Gasteiger partial charge < -0.3 is 10.3 Å². The number of aryl methyl sites for hydroxylation is 2. The Kier molecular flexibility index (Phi) is 5.19. The van der Waals surface area contributed by atoms with Crippen molar-refractivity contribution in [1.82, 2.24) is 20.6 Å². The van der Waals surface area contributed by atoms with Gasteiger partial charge in [0, 0.05) is 11.9 Å². The molecule has 2 aromatic rings. The summed E-state index contributed by atoms with van der Waals surface area (Å²) in [6.07, 6.45) is 0. The second-order valence-electron chi connectivity index (χ2n) is 4.60. The molecule has 3 amide bonds. The van der Waals surface area contributed by atoms with E-state index in [4.69, 9.17) is 0 Å². The molecule has 3 N–H and O–H groups in total. The van der Waals surface area contributed by atoms with Gasteiger partial charge in [-0.1, -0.05) is 0 Å². The average molecular weight is 340 g/mol. The van der Waals surface area contributed by atoms with Crippen LogP contribution in [-0.4, -0.2) is 34.7 Å². The summed E-state index contributed by atoms with van der Waals surface area (Å²) in [7, 11) is 1.44. The van der Waals surface area contributed by atoms with E-state index in [0.29, 0.717) is 21.8 Å². The van der Waals surface area contributed by atoms with Gasteiger partial charge in [0.15, 0.2) is 0 Å². The van der Waals surface area contributed by atoms with Gasteiger partial charge in [-0.15, -0.1) is 23.1 Å². The minimum atomic E-state index is -0.539. The molecule has 118 valence electrons. The quantitative estimate of drug-likeness (QED) is 0.778. The number of nitrogens with zero attached hydrogens (tertiary/aromatic N) is 1. The molecule has 0 fully saturated rings. The summed E-state index contributed by atoms with van der Waals surface area (Å²) in [6, 6.07) is -0.539. The number of rotatable bonds is 4. The smallest absolute Gasteiger partial charge is 0.321 e. The van der Waals surface area contributed by atoms with E-state index in [1.807, 2.05) is 13.8 Å². The van der Waals surface area contributed by atoms with Crippen LogP contribution in [0.4, 0.5) is 4.79 Å². The molecular formula is C13H16N4O3S2. The first-order valence-electron chi connectivity index (χ1n) is 6.50. The van der Waals surface area contributed by atoms with E-state index in [1.165, 1.54) is 30.1 Å². The van der Waals surface area contributed by atoms with Crippen molar-refractivity contribution >= 4 is 45.3 Å². The van der Waals surface area contributed by atoms with Crippen LogP contribution >= 0.6 is 23.1 Å². The molecule has 0 saturated carbocycles. The molecule has 0 aliphatic carbocycles. The molecule has 22 heavy (non-hydrogen) atoms. The van der Waals surface area contributed by atoms with E-state index in [9.17, 15) is 14.4 Å². The zero-order valence-electron chi connectivity index (χ0n) is 12.4. The summed E-state index contributed by atoms with van der Waals surface area (Å²) in [6.45, 7) is 3.86. The lowest BCUT2D eigenvalue weighted by molar-refractivity contribution is -0.117. The summed E-state index contributed by atoms with van der Waals surface area (Å²) in [5.74, 6) is 0.632. The molecule has 0 aliphatic rings. The second-order valence-corrected chi connectivity index (χ2v) is 6.78. The van der Waals surface area contributed by atoms with Crippen LogP contribution in [0.5, 0.6) is 0 Å². The van der Waals surface area contributed by atoms with Crippen molar-refractivity contribution in [2.75, 3.05) is 12.8 Å². The van der Waals surface area contributed by atoms with Gasteiger partial charge in [-0.3, -0.25) is 14.9 Å². The van der Waals surface area contributed by atoms with Crippen LogP contribution in [0.3, 0.4) is 0 Å². The molecule has 2 heterocycles. The van der Waals surface area contributed by atoms with Crippen molar-refractivity contribution in [3.63, 3.8) is 0 Å². The van der Waals surface area contributed by atoms with Gasteiger partial charge in [-0.2, -0.15) is 0 Å². The highest BCUT2D eigenvalue weighted by molar-refractivity contribution is 7.99. The van der Waals surface area contributed by atoms with E-state index in [-0.39, 0.29) is 11.3 Å². The predicted octanol–water partition coefficient (Wildman–Crippen LogP) is 1.29. The van der Waals surface area contributed by atoms with Crippen LogP contribution < -0.4 is 16.2 Å². The van der Waals surface area contributed by atoms with Gasteiger partial charge >= 0.3 is 6.03 Å². The van der Waals surface area contributed by atoms with Gasteiger partial charge in [-0.25, -0.2) is 9.78 Å². The average Bonchev–Trinajstić information content (AvgIpc) is 2.74. The number of H-pyrrole nitrogens is 1. The Labute approximate surface area is 134 Å². The Morgan fingerprint density at radius 3 is 2.77 bits per heavy atom. The number of thiophene rings is 1. The third kappa shape index (κ3) is 3.66. The molecule has 0 aromatic carbocycles. The fraction of sp³-hybridized carbons (Fsp3) is 0.385. The first-order chi connectivity index (χ1) is 10.4. The number of carbonyl (C=O) groups excluding carboxylic acids is 2. The van der Waals surface area contributed by atoms with Crippen LogP contribution in [-0.2, 0) is 10.5 Å². The molecule has 0 spiro atoms. The molecule has 0 aliphatic heterocycles. The number of hydrogen-bond acceptors (Lipinski definition) is 6. The van der Waals surface area contributed by atoms with Crippen molar-refractivity contribution in [3.05, 3.63) is 26.6 Å². The summed E-state index contributed by atoms with van der Waals surface area (Å²) >= 11 is 2.76. The van der Waals surface area contributed by atoms with Crippen molar-refractivity contribution in [2.24, 2.45) is 0 Å². The Hall–Kier alpha value is -1.87. The van der Waals surface area contributed by atoms with Crippen molar-refractivity contribution in [1.29, 1.82) is 0 Å². The minimum absolute atomic E-state index is 0.109. The standard InChI is InChI=1S/C13H16N4O3S2/c1-6-7(2)22-12-10(6)11(19)15-8(16-12)4-21-5-9(18)17-13(20)14-3/h4-5H2,1-3H3,(H,15,16,19)(H2,14,17,18,20). The lowest BCUT2D eigenvalue weighted by atomic mass is 10.2. The molecule has 9 heteroatoms. The fourth-order valence-corrected chi connectivity index (χ4v) is 3.57. The zero-order valence-corrected chi connectivity index (χ0v) is 14.0. The summed E-state index contributed by atoms with van der Waals surface area (Å²) in [5.41, 5.74) is 0.801. The SMILES string of the molecule is CNC(=O)NC(=O)CSCc1nc2sc(C)c(C)c2c(=O)[nH]1. The van der Waals surface area contributed by atoms with Gasteiger partial charge in [0.05, 0.1) is 16.9 Å². The molecule has 0 atom stereocenters. The largest absolute Gasteiger partial charge is 0.341 e. The Bertz CT molecular complexity index is 781. The van der Waals surface area contributed by atoms with Gasteiger partial charge in [0.2, 0.25) is 5.91 Å². The number of amides is 3. The van der Waals surface area contributed by atoms with Crippen LogP contribution in [0.25, 0.3) is 10.2 Å². The number of carbonyl (C=O) groups is 2. The summed E-state index contributed by atoms with van der Waals surface area (Å²) in [4.78, 5) is 43.4. The normalized spacial score (nSPS) is 10.7. The third-order valence-corrected chi connectivity index (χ3v) is 5.09. The van der Waals surface area contributed by atoms with Crippen LogP contribution in [0.2, 0.25) is 0 Å². The van der Waals surface area contributed by atoms with E-state index < -0.39 is 11.9 Å². The van der Waals surface area contributed by atoms with E-state index >= 15 is 0 Å². The lowest BCUT2D eigenvalue weighted by Crippen LogP contribution is -2.38. The number of aromatic nitrogens is 2. The van der Waals surface area contributed by atoms with Gasteiger partial charge in [-0.05, 0) is 19.4 Å². The molecule has 0 saturated heterocycles. The van der Waals surface area contributed by atoms with Crippen molar-refractivity contribution < 1.29 is 9.59 Å². The Morgan fingerprint density at radius 2 is 2.09 bits per heavy atom. The number of urea groups is 1. The van der Waals surface area contributed by atoms with Crippen LogP contribution in [0.1, 0.15) is 16.3 Å². The molecule has 0 unspecified atom stereocenters. The highest BCUT2D eigenvalue weighted by atomic mass is 32.2. The minimum Gasteiger partial charge on any atom is -0.341 e. The lowest BCUT2D eigenvalue weighted by Gasteiger charge is -2.03. The maximum atomic E-state index is 12.1. The number of fused-ring (bicyclic) bond motifs is 1. The highest BCUT2D eigenvalue weighted by Crippen LogP contribution is 2.26. The van der Waals surface area contributed by atoms with Crippen LogP contribution in [0, 0.1) is 13.8 Å². The number of aromatic amines is 1. The summed E-state index contributed by atoms with van der Waals surface area (Å²) in [5, 5.41) is 5.10. The fourth-order valence-electron chi connectivity index (χ4n) is 1.83. The molecule has 2 rings (SSSR count). The molecule has 0 radical (unpaired) electrons. The van der Waals surface area contributed by atoms with E-state index in [1.54, 1.807) is 0 Å². The molecular weight excluding hydrogens is 324 g/mol.